The maximum atomic E-state index is 4.00. The summed E-state index contributed by atoms with van der Waals surface area (Å²) in [6, 6.07) is 12.0. The number of hydrogen-bond donors (Lipinski definition) is 0. The van der Waals surface area contributed by atoms with Gasteiger partial charge in [-0.05, 0) is 91.4 Å². The van der Waals surface area contributed by atoms with Gasteiger partial charge >= 0.3 is 0 Å². The Labute approximate surface area is 246 Å². The minimum Gasteiger partial charge on any atom is -0.158 e. The molecule has 0 fully saturated rings. The molecule has 8 nitrogen and oxygen atoms in total. The Bertz CT molecular complexity index is 1940. The summed E-state index contributed by atoms with van der Waals surface area (Å²) in [5.41, 5.74) is 7.45. The van der Waals surface area contributed by atoms with Gasteiger partial charge in [-0.3, -0.25) is 0 Å². The number of fused-ring (bicyclic) bond motifs is 4. The third-order valence-corrected chi connectivity index (χ3v) is 9.44. The molecule has 0 atom stereocenters. The molecule has 200 valence electrons. The van der Waals surface area contributed by atoms with Gasteiger partial charge in [0.25, 0.3) is 0 Å². The van der Waals surface area contributed by atoms with Gasteiger partial charge in [-0.25, -0.2) is 0 Å². The molecule has 0 N–H and O–H groups in total. The number of nitrogens with zero attached hydrogens (tertiary/aromatic N) is 8. The SMILES string of the molecule is Cc1cc2nnccc2s1.Cc1cc2sccc2nn1.Cc1cnnc2ccsc12.Cc1csc2ccnnc12. The summed E-state index contributed by atoms with van der Waals surface area (Å²) in [7, 11) is 0. The Morgan fingerprint density at radius 1 is 0.575 bits per heavy atom. The van der Waals surface area contributed by atoms with Crippen LogP contribution in [0, 0.1) is 27.7 Å². The highest BCUT2D eigenvalue weighted by molar-refractivity contribution is 7.19. The third-order valence-electron chi connectivity index (χ3n) is 5.49. The molecule has 8 aromatic heterocycles. The van der Waals surface area contributed by atoms with Gasteiger partial charge in [0.15, 0.2) is 0 Å². The van der Waals surface area contributed by atoms with E-state index in [4.69, 9.17) is 0 Å². The molecule has 8 heterocycles. The number of hydrogen-bond acceptors (Lipinski definition) is 12. The summed E-state index contributed by atoms with van der Waals surface area (Å²) in [5.74, 6) is 0. The molecule has 0 aromatic carbocycles. The van der Waals surface area contributed by atoms with E-state index in [1.807, 2.05) is 67.9 Å². The van der Waals surface area contributed by atoms with Crippen LogP contribution >= 0.6 is 45.3 Å². The second-order valence-electron chi connectivity index (χ2n) is 8.62. The summed E-state index contributed by atoms with van der Waals surface area (Å²) < 4.78 is 4.89. The second-order valence-corrected chi connectivity index (χ2v) is 12.7. The first-order valence-corrected chi connectivity index (χ1v) is 15.6. The molecule has 8 aromatic rings. The summed E-state index contributed by atoms with van der Waals surface area (Å²) >= 11 is 6.87. The number of thiophene rings is 4. The van der Waals surface area contributed by atoms with Crippen molar-refractivity contribution >= 4 is 86.2 Å². The van der Waals surface area contributed by atoms with Crippen molar-refractivity contribution in [2.24, 2.45) is 0 Å². The molecule has 0 aliphatic carbocycles. The number of aromatic nitrogens is 8. The average Bonchev–Trinajstić information content (AvgIpc) is 3.76. The standard InChI is InChI=1S/4C7H6N2S/c1-5-4-6-7(10-5)2-3-8-9-6;1-5-4-8-9-6-2-3-10-7(5)6;1-5-4-10-6-2-3-8-9-7(5)6;1-5-4-7-6(9-8-5)2-3-10-7/h4*2-4H,1H3. The van der Waals surface area contributed by atoms with Crippen LogP contribution in [-0.2, 0) is 0 Å². The predicted molar refractivity (Wildman–Crippen MR) is 169 cm³/mol. The van der Waals surface area contributed by atoms with Crippen LogP contribution in [0.25, 0.3) is 40.9 Å². The first kappa shape index (κ1) is 27.7. The Kier molecular flexibility index (Phi) is 9.01. The van der Waals surface area contributed by atoms with E-state index in [1.54, 1.807) is 63.9 Å². The van der Waals surface area contributed by atoms with E-state index in [-0.39, 0.29) is 0 Å². The maximum absolute atomic E-state index is 4.00. The Morgan fingerprint density at radius 2 is 1.32 bits per heavy atom. The van der Waals surface area contributed by atoms with Crippen LogP contribution in [0.1, 0.15) is 21.7 Å². The van der Waals surface area contributed by atoms with Crippen molar-refractivity contribution in [2.45, 2.75) is 27.7 Å². The van der Waals surface area contributed by atoms with Crippen molar-refractivity contribution in [3.05, 3.63) is 92.8 Å². The average molecular weight is 601 g/mol. The first-order valence-electron chi connectivity index (χ1n) is 12.1. The summed E-state index contributed by atoms with van der Waals surface area (Å²) in [4.78, 5) is 1.29. The van der Waals surface area contributed by atoms with Crippen molar-refractivity contribution in [1.82, 2.24) is 40.8 Å². The first-order chi connectivity index (χ1) is 19.5. The van der Waals surface area contributed by atoms with E-state index in [2.05, 4.69) is 53.1 Å². The van der Waals surface area contributed by atoms with Crippen LogP contribution in [0.5, 0.6) is 0 Å². The fourth-order valence-corrected chi connectivity index (χ4v) is 6.91. The minimum atomic E-state index is 0.981. The van der Waals surface area contributed by atoms with E-state index in [0.29, 0.717) is 0 Å². The van der Waals surface area contributed by atoms with E-state index < -0.39 is 0 Å². The Hall–Kier alpha value is -3.84. The molecule has 0 unspecified atom stereocenters. The fraction of sp³-hybridized carbons (Fsp3) is 0.143. The largest absolute Gasteiger partial charge is 0.158 e. The molecule has 0 bridgehead atoms. The van der Waals surface area contributed by atoms with Crippen LogP contribution in [0.3, 0.4) is 0 Å². The quantitative estimate of drug-likeness (QED) is 0.172. The van der Waals surface area contributed by atoms with Crippen LogP contribution in [0.2, 0.25) is 0 Å². The molecule has 0 amide bonds. The van der Waals surface area contributed by atoms with Gasteiger partial charge < -0.3 is 0 Å². The zero-order valence-corrected chi connectivity index (χ0v) is 25.4. The fourth-order valence-electron chi connectivity index (χ4n) is 3.58. The number of aryl methyl sites for hydroxylation is 4. The lowest BCUT2D eigenvalue weighted by Crippen LogP contribution is -1.82. The van der Waals surface area contributed by atoms with Gasteiger partial charge in [-0.1, -0.05) is 0 Å². The second kappa shape index (κ2) is 13.0. The molecule has 0 saturated heterocycles. The van der Waals surface area contributed by atoms with Gasteiger partial charge in [0.2, 0.25) is 0 Å². The minimum absolute atomic E-state index is 0.981. The lowest BCUT2D eigenvalue weighted by atomic mass is 10.3. The predicted octanol–water partition coefficient (Wildman–Crippen LogP) is 8.00. The zero-order chi connectivity index (χ0) is 27.9. The lowest BCUT2D eigenvalue weighted by molar-refractivity contribution is 1.02. The lowest BCUT2D eigenvalue weighted by Gasteiger charge is -1.89. The Balaban J connectivity index is 0.000000108. The topological polar surface area (TPSA) is 103 Å². The molecule has 0 aliphatic rings. The molecule has 0 aliphatic heterocycles. The highest BCUT2D eigenvalue weighted by Gasteiger charge is 1.99. The van der Waals surface area contributed by atoms with Crippen LogP contribution in [0.15, 0.2) is 71.1 Å². The van der Waals surface area contributed by atoms with Gasteiger partial charge in [-0.15, -0.1) is 65.7 Å². The van der Waals surface area contributed by atoms with E-state index in [9.17, 15) is 0 Å². The summed E-state index contributed by atoms with van der Waals surface area (Å²) in [5, 5.41) is 37.4. The highest BCUT2D eigenvalue weighted by Crippen LogP contribution is 2.22. The molecule has 0 radical (unpaired) electrons. The molecule has 40 heavy (non-hydrogen) atoms. The van der Waals surface area contributed by atoms with Crippen molar-refractivity contribution in [3.8, 4) is 0 Å². The molecule has 12 heteroatoms. The molecular weight excluding hydrogens is 577 g/mol. The van der Waals surface area contributed by atoms with Gasteiger partial charge in [0.05, 0.1) is 43.1 Å². The monoisotopic (exact) mass is 600 g/mol. The van der Waals surface area contributed by atoms with Gasteiger partial charge in [-0.2, -0.15) is 20.4 Å². The molecule has 0 saturated carbocycles. The van der Waals surface area contributed by atoms with Crippen LogP contribution in [0.4, 0.5) is 0 Å². The van der Waals surface area contributed by atoms with Crippen molar-refractivity contribution in [2.75, 3.05) is 0 Å². The molecule has 0 spiro atoms. The van der Waals surface area contributed by atoms with Crippen molar-refractivity contribution in [1.29, 1.82) is 0 Å². The third kappa shape index (κ3) is 6.83. The molecular formula is C28H24N8S4. The van der Waals surface area contributed by atoms with E-state index >= 15 is 0 Å². The number of rotatable bonds is 0. The molecule has 8 rings (SSSR count). The summed E-state index contributed by atoms with van der Waals surface area (Å²) in [6.07, 6.45) is 5.23. The van der Waals surface area contributed by atoms with Gasteiger partial charge in [0.1, 0.15) is 22.1 Å². The van der Waals surface area contributed by atoms with E-state index in [1.165, 1.54) is 34.8 Å². The van der Waals surface area contributed by atoms with Crippen molar-refractivity contribution in [3.63, 3.8) is 0 Å². The van der Waals surface area contributed by atoms with Crippen LogP contribution < -0.4 is 0 Å². The van der Waals surface area contributed by atoms with Gasteiger partial charge in [0, 0.05) is 4.88 Å². The highest BCUT2D eigenvalue weighted by atomic mass is 32.1. The van der Waals surface area contributed by atoms with Crippen molar-refractivity contribution < 1.29 is 0 Å². The smallest absolute Gasteiger partial charge is 0.107 e. The zero-order valence-electron chi connectivity index (χ0n) is 22.1. The summed E-state index contributed by atoms with van der Waals surface area (Å²) in [6.45, 7) is 8.12. The Morgan fingerprint density at radius 3 is 2.12 bits per heavy atom. The van der Waals surface area contributed by atoms with E-state index in [0.717, 1.165) is 27.8 Å². The normalized spacial score (nSPS) is 10.5. The van der Waals surface area contributed by atoms with Crippen LogP contribution in [-0.4, -0.2) is 40.8 Å². The maximum Gasteiger partial charge on any atom is 0.107 e.